The molecule has 0 spiro atoms. The van der Waals surface area contributed by atoms with Gasteiger partial charge in [0.15, 0.2) is 0 Å². The third-order valence-electron chi connectivity index (χ3n) is 3.89. The van der Waals surface area contributed by atoms with E-state index in [0.29, 0.717) is 17.8 Å². The molecular formula is C20H16F3NO2. The van der Waals surface area contributed by atoms with Crippen LogP contribution in [0, 0.1) is 6.92 Å². The third-order valence-corrected chi connectivity index (χ3v) is 3.89. The Bertz CT molecular complexity index is 943. The summed E-state index contributed by atoms with van der Waals surface area (Å²) in [7, 11) is 0. The highest BCUT2D eigenvalue weighted by Gasteiger charge is 2.31. The molecule has 3 aromatic rings. The van der Waals surface area contributed by atoms with Crippen molar-refractivity contribution in [3.05, 3.63) is 88.2 Å². The Morgan fingerprint density at radius 1 is 0.923 bits per heavy atom. The van der Waals surface area contributed by atoms with Gasteiger partial charge in [-0.3, -0.25) is 4.79 Å². The fourth-order valence-electron chi connectivity index (χ4n) is 2.64. The van der Waals surface area contributed by atoms with Crippen molar-refractivity contribution >= 4 is 0 Å². The monoisotopic (exact) mass is 359 g/mol. The largest absolute Gasteiger partial charge is 0.573 e. The van der Waals surface area contributed by atoms with Gasteiger partial charge in [-0.05, 0) is 48.4 Å². The van der Waals surface area contributed by atoms with Gasteiger partial charge in [0, 0.05) is 6.07 Å². The minimum atomic E-state index is -4.73. The highest BCUT2D eigenvalue weighted by molar-refractivity contribution is 5.60. The summed E-state index contributed by atoms with van der Waals surface area (Å²) in [5.74, 6) is -0.301. The van der Waals surface area contributed by atoms with Crippen molar-refractivity contribution in [3.63, 3.8) is 0 Å². The molecule has 3 rings (SSSR count). The van der Waals surface area contributed by atoms with Crippen molar-refractivity contribution in [2.75, 3.05) is 0 Å². The van der Waals surface area contributed by atoms with E-state index in [4.69, 9.17) is 0 Å². The number of aryl methyl sites for hydroxylation is 1. The number of benzene rings is 2. The first-order valence-corrected chi connectivity index (χ1v) is 7.93. The van der Waals surface area contributed by atoms with Gasteiger partial charge in [-0.25, -0.2) is 0 Å². The number of ether oxygens (including phenoxy) is 1. The Kier molecular flexibility index (Phi) is 4.84. The SMILES string of the molecule is Cc1ccc(Cn2c(-c3ccc(OC(F)(F)F)cc3)cccc2=O)cc1. The molecule has 0 N–H and O–H groups in total. The van der Waals surface area contributed by atoms with E-state index in [1.807, 2.05) is 31.2 Å². The third kappa shape index (κ3) is 4.33. The summed E-state index contributed by atoms with van der Waals surface area (Å²) in [5, 5.41) is 0. The Balaban J connectivity index is 1.94. The molecule has 0 fully saturated rings. The lowest BCUT2D eigenvalue weighted by molar-refractivity contribution is -0.274. The molecule has 3 nitrogen and oxygen atoms in total. The molecule has 0 saturated heterocycles. The van der Waals surface area contributed by atoms with Gasteiger partial charge in [-0.2, -0.15) is 0 Å². The van der Waals surface area contributed by atoms with Crippen molar-refractivity contribution in [2.45, 2.75) is 19.8 Å². The van der Waals surface area contributed by atoms with E-state index in [2.05, 4.69) is 4.74 Å². The van der Waals surface area contributed by atoms with Crippen LogP contribution in [0.4, 0.5) is 13.2 Å². The van der Waals surface area contributed by atoms with Gasteiger partial charge in [-0.1, -0.05) is 35.9 Å². The molecular weight excluding hydrogens is 343 g/mol. The van der Waals surface area contributed by atoms with Crippen LogP contribution >= 0.6 is 0 Å². The molecule has 0 saturated carbocycles. The zero-order valence-electron chi connectivity index (χ0n) is 14.0. The van der Waals surface area contributed by atoms with E-state index in [-0.39, 0.29) is 11.3 Å². The van der Waals surface area contributed by atoms with E-state index in [0.717, 1.165) is 11.1 Å². The second kappa shape index (κ2) is 7.07. The van der Waals surface area contributed by atoms with E-state index >= 15 is 0 Å². The maximum absolute atomic E-state index is 12.3. The highest BCUT2D eigenvalue weighted by atomic mass is 19.4. The number of aromatic nitrogens is 1. The Hall–Kier alpha value is -3.02. The number of pyridine rings is 1. The maximum atomic E-state index is 12.3. The van der Waals surface area contributed by atoms with Crippen LogP contribution in [-0.2, 0) is 6.54 Å². The van der Waals surface area contributed by atoms with Crippen LogP contribution in [0.3, 0.4) is 0 Å². The maximum Gasteiger partial charge on any atom is 0.573 e. The molecule has 26 heavy (non-hydrogen) atoms. The number of hydrogen-bond donors (Lipinski definition) is 0. The van der Waals surface area contributed by atoms with Gasteiger partial charge >= 0.3 is 6.36 Å². The molecule has 0 aliphatic heterocycles. The molecule has 2 aromatic carbocycles. The van der Waals surface area contributed by atoms with Crippen LogP contribution in [0.25, 0.3) is 11.3 Å². The number of hydrogen-bond acceptors (Lipinski definition) is 2. The fraction of sp³-hybridized carbons (Fsp3) is 0.150. The molecule has 0 bridgehead atoms. The molecule has 0 amide bonds. The minimum Gasteiger partial charge on any atom is -0.406 e. The quantitative estimate of drug-likeness (QED) is 0.672. The molecule has 0 radical (unpaired) electrons. The molecule has 0 unspecified atom stereocenters. The number of halogens is 3. The van der Waals surface area contributed by atoms with Crippen molar-refractivity contribution in [3.8, 4) is 17.0 Å². The summed E-state index contributed by atoms with van der Waals surface area (Å²) in [5.41, 5.74) is 3.15. The van der Waals surface area contributed by atoms with Gasteiger partial charge in [0.1, 0.15) is 5.75 Å². The molecule has 134 valence electrons. The normalized spacial score (nSPS) is 11.4. The zero-order valence-corrected chi connectivity index (χ0v) is 14.0. The summed E-state index contributed by atoms with van der Waals surface area (Å²) in [4.78, 5) is 12.3. The fourth-order valence-corrected chi connectivity index (χ4v) is 2.64. The van der Waals surface area contributed by atoms with Crippen molar-refractivity contribution in [2.24, 2.45) is 0 Å². The van der Waals surface area contributed by atoms with Crippen molar-refractivity contribution in [1.29, 1.82) is 0 Å². The lowest BCUT2D eigenvalue weighted by Crippen LogP contribution is -2.21. The Morgan fingerprint density at radius 3 is 2.19 bits per heavy atom. The first-order valence-electron chi connectivity index (χ1n) is 7.93. The molecule has 6 heteroatoms. The van der Waals surface area contributed by atoms with Crippen molar-refractivity contribution < 1.29 is 17.9 Å². The summed E-state index contributed by atoms with van der Waals surface area (Å²) >= 11 is 0. The van der Waals surface area contributed by atoms with Crippen LogP contribution in [0.15, 0.2) is 71.5 Å². The van der Waals surface area contributed by atoms with Gasteiger partial charge in [0.05, 0.1) is 12.2 Å². The highest BCUT2D eigenvalue weighted by Crippen LogP contribution is 2.26. The van der Waals surface area contributed by atoms with E-state index < -0.39 is 6.36 Å². The van der Waals surface area contributed by atoms with E-state index in [9.17, 15) is 18.0 Å². The van der Waals surface area contributed by atoms with Gasteiger partial charge < -0.3 is 9.30 Å². The van der Waals surface area contributed by atoms with Gasteiger partial charge in [0.2, 0.25) is 0 Å². The van der Waals surface area contributed by atoms with Crippen LogP contribution in [0.1, 0.15) is 11.1 Å². The second-order valence-electron chi connectivity index (χ2n) is 5.89. The second-order valence-corrected chi connectivity index (χ2v) is 5.89. The topological polar surface area (TPSA) is 31.2 Å². The number of rotatable bonds is 4. The lowest BCUT2D eigenvalue weighted by Gasteiger charge is -2.14. The summed E-state index contributed by atoms with van der Waals surface area (Å²) in [6.45, 7) is 2.35. The first-order chi connectivity index (χ1) is 12.3. The van der Waals surface area contributed by atoms with Gasteiger partial charge in [-0.15, -0.1) is 13.2 Å². The predicted octanol–water partition coefficient (Wildman–Crippen LogP) is 4.77. The van der Waals surface area contributed by atoms with E-state index in [1.54, 1.807) is 16.7 Å². The summed E-state index contributed by atoms with van der Waals surface area (Å²) in [6.07, 6.45) is -4.73. The molecule has 1 aromatic heterocycles. The lowest BCUT2D eigenvalue weighted by atomic mass is 10.1. The summed E-state index contributed by atoms with van der Waals surface area (Å²) < 4.78 is 42.3. The van der Waals surface area contributed by atoms with Crippen LogP contribution in [0.5, 0.6) is 5.75 Å². The average molecular weight is 359 g/mol. The van der Waals surface area contributed by atoms with Crippen LogP contribution in [0.2, 0.25) is 0 Å². The smallest absolute Gasteiger partial charge is 0.406 e. The van der Waals surface area contributed by atoms with Crippen molar-refractivity contribution in [1.82, 2.24) is 4.57 Å². The van der Waals surface area contributed by atoms with Crippen LogP contribution in [-0.4, -0.2) is 10.9 Å². The number of alkyl halides is 3. The Morgan fingerprint density at radius 2 is 1.58 bits per heavy atom. The van der Waals surface area contributed by atoms with Gasteiger partial charge in [0.25, 0.3) is 5.56 Å². The summed E-state index contributed by atoms with van der Waals surface area (Å²) in [6, 6.07) is 18.1. The molecule has 0 atom stereocenters. The first kappa shape index (κ1) is 17.8. The number of nitrogens with zero attached hydrogens (tertiary/aromatic N) is 1. The minimum absolute atomic E-state index is 0.182. The van der Waals surface area contributed by atoms with Crippen LogP contribution < -0.4 is 10.3 Å². The Labute approximate surface area is 148 Å². The predicted molar refractivity (Wildman–Crippen MR) is 93.1 cm³/mol. The molecule has 0 aliphatic rings. The average Bonchev–Trinajstić information content (AvgIpc) is 2.58. The molecule has 1 heterocycles. The molecule has 0 aliphatic carbocycles. The zero-order chi connectivity index (χ0) is 18.7. The van der Waals surface area contributed by atoms with E-state index in [1.165, 1.54) is 30.3 Å². The standard InChI is InChI=1S/C20H16F3NO2/c1-14-5-7-15(8-6-14)13-24-18(3-2-4-19(24)25)16-9-11-17(12-10-16)26-20(21,22)23/h2-12H,13H2,1H3.